The Morgan fingerprint density at radius 3 is 2.85 bits per heavy atom. The molecule has 2 heterocycles. The monoisotopic (exact) mass is 369 g/mol. The topological polar surface area (TPSA) is 65.4 Å². The predicted molar refractivity (Wildman–Crippen MR) is 102 cm³/mol. The number of rotatable bonds is 5. The van der Waals surface area contributed by atoms with E-state index in [1.165, 1.54) is 18.4 Å². The predicted octanol–water partition coefficient (Wildman–Crippen LogP) is 3.26. The molecule has 1 fully saturated rings. The van der Waals surface area contributed by atoms with Gasteiger partial charge in [-0.1, -0.05) is 12.1 Å². The Hall–Kier alpha value is -2.34. The standard InChI is InChI=1S/C21H27N3O3/c1-12-9-17-19(23-24(3)20(17)13(2)27-12)21(25)22-11-16-10-15(14-5-6-14)7-8-18(16)26-4/h7-8,10,12-14H,5-6,9,11H2,1-4H3,(H,22,25)/t12-,13+/m0/s1. The van der Waals surface area contributed by atoms with Gasteiger partial charge in [0.25, 0.3) is 5.91 Å². The Labute approximate surface area is 159 Å². The molecule has 2 aliphatic rings. The van der Waals surface area contributed by atoms with Gasteiger partial charge in [-0.2, -0.15) is 5.10 Å². The van der Waals surface area contributed by atoms with Crippen molar-refractivity contribution in [2.24, 2.45) is 7.05 Å². The third kappa shape index (κ3) is 3.46. The molecular formula is C21H27N3O3. The van der Waals surface area contributed by atoms with Gasteiger partial charge in [0, 0.05) is 31.1 Å². The molecule has 2 atom stereocenters. The first kappa shape index (κ1) is 18.0. The molecule has 6 heteroatoms. The highest BCUT2D eigenvalue weighted by Gasteiger charge is 2.31. The Morgan fingerprint density at radius 1 is 1.37 bits per heavy atom. The minimum absolute atomic E-state index is 0.0573. The van der Waals surface area contributed by atoms with Crippen molar-refractivity contribution >= 4 is 5.91 Å². The maximum absolute atomic E-state index is 12.9. The van der Waals surface area contributed by atoms with Crippen LogP contribution in [0.15, 0.2) is 18.2 Å². The van der Waals surface area contributed by atoms with Crippen molar-refractivity contribution in [2.45, 2.75) is 57.8 Å². The largest absolute Gasteiger partial charge is 0.496 e. The summed E-state index contributed by atoms with van der Waals surface area (Å²) in [4.78, 5) is 12.9. The van der Waals surface area contributed by atoms with Crippen molar-refractivity contribution in [1.29, 1.82) is 0 Å². The van der Waals surface area contributed by atoms with E-state index in [2.05, 4.69) is 22.5 Å². The van der Waals surface area contributed by atoms with E-state index in [0.717, 1.165) is 22.6 Å². The molecule has 1 saturated carbocycles. The number of ether oxygens (including phenoxy) is 2. The van der Waals surface area contributed by atoms with E-state index >= 15 is 0 Å². The van der Waals surface area contributed by atoms with Crippen molar-refractivity contribution in [1.82, 2.24) is 15.1 Å². The second kappa shape index (κ2) is 7.00. The molecule has 0 radical (unpaired) electrons. The van der Waals surface area contributed by atoms with E-state index in [0.29, 0.717) is 24.6 Å². The van der Waals surface area contributed by atoms with Gasteiger partial charge in [0.1, 0.15) is 5.75 Å². The lowest BCUT2D eigenvalue weighted by Gasteiger charge is -2.26. The molecule has 1 N–H and O–H groups in total. The molecule has 1 aliphatic heterocycles. The molecule has 0 saturated heterocycles. The molecule has 4 rings (SSSR count). The molecule has 0 unspecified atom stereocenters. The molecule has 1 aromatic heterocycles. The molecule has 0 bridgehead atoms. The van der Waals surface area contributed by atoms with Gasteiger partial charge in [0.05, 0.1) is 25.0 Å². The smallest absolute Gasteiger partial charge is 0.272 e. The average Bonchev–Trinajstić information content (AvgIpc) is 3.43. The van der Waals surface area contributed by atoms with E-state index < -0.39 is 0 Å². The highest BCUT2D eigenvalue weighted by molar-refractivity contribution is 5.94. The highest BCUT2D eigenvalue weighted by Crippen LogP contribution is 2.41. The number of benzene rings is 1. The fourth-order valence-corrected chi connectivity index (χ4v) is 4.09. The molecular weight excluding hydrogens is 342 g/mol. The SMILES string of the molecule is COc1ccc(C2CC2)cc1CNC(=O)c1nn(C)c2c1C[C@H](C)O[C@@H]2C. The normalized spacial score (nSPS) is 21.6. The third-order valence-corrected chi connectivity index (χ3v) is 5.51. The number of nitrogens with zero attached hydrogens (tertiary/aromatic N) is 2. The quantitative estimate of drug-likeness (QED) is 0.879. The summed E-state index contributed by atoms with van der Waals surface area (Å²) in [7, 11) is 3.53. The number of hydrogen-bond acceptors (Lipinski definition) is 4. The number of carbonyl (C=O) groups excluding carboxylic acids is 1. The summed E-state index contributed by atoms with van der Waals surface area (Å²) in [5.74, 6) is 1.32. The molecule has 27 heavy (non-hydrogen) atoms. The Kier molecular flexibility index (Phi) is 4.68. The molecule has 1 amide bonds. The van der Waals surface area contributed by atoms with E-state index in [1.807, 2.05) is 27.0 Å². The van der Waals surface area contributed by atoms with Gasteiger partial charge in [-0.05, 0) is 44.2 Å². The molecule has 1 aromatic carbocycles. The lowest BCUT2D eigenvalue weighted by atomic mass is 9.99. The summed E-state index contributed by atoms with van der Waals surface area (Å²) in [6.45, 7) is 4.46. The second-order valence-electron chi connectivity index (χ2n) is 7.66. The molecule has 2 aromatic rings. The Balaban J connectivity index is 1.54. The minimum atomic E-state index is -0.146. The van der Waals surface area contributed by atoms with Crippen LogP contribution in [0.2, 0.25) is 0 Å². The van der Waals surface area contributed by atoms with Crippen molar-refractivity contribution in [3.8, 4) is 5.75 Å². The molecule has 0 spiro atoms. The van der Waals surface area contributed by atoms with Gasteiger partial charge in [-0.3, -0.25) is 9.48 Å². The van der Waals surface area contributed by atoms with Crippen LogP contribution in [0.25, 0.3) is 0 Å². The van der Waals surface area contributed by atoms with Crippen molar-refractivity contribution in [3.63, 3.8) is 0 Å². The zero-order valence-corrected chi connectivity index (χ0v) is 16.4. The van der Waals surface area contributed by atoms with Gasteiger partial charge in [-0.15, -0.1) is 0 Å². The summed E-state index contributed by atoms with van der Waals surface area (Å²) < 4.78 is 13.1. The summed E-state index contributed by atoms with van der Waals surface area (Å²) in [5, 5.41) is 7.52. The second-order valence-corrected chi connectivity index (χ2v) is 7.66. The first-order valence-electron chi connectivity index (χ1n) is 9.64. The fraction of sp³-hybridized carbons (Fsp3) is 0.524. The van der Waals surface area contributed by atoms with Crippen LogP contribution in [0.3, 0.4) is 0 Å². The fourth-order valence-electron chi connectivity index (χ4n) is 4.09. The lowest BCUT2D eigenvalue weighted by Crippen LogP contribution is -2.27. The van der Waals surface area contributed by atoms with Gasteiger partial charge in [0.2, 0.25) is 0 Å². The summed E-state index contributed by atoms with van der Waals surface area (Å²) >= 11 is 0. The van der Waals surface area contributed by atoms with E-state index in [9.17, 15) is 4.79 Å². The summed E-state index contributed by atoms with van der Waals surface area (Å²) in [5.41, 5.74) is 4.83. The Bertz CT molecular complexity index is 870. The van der Waals surface area contributed by atoms with E-state index in [-0.39, 0.29) is 18.1 Å². The zero-order valence-electron chi connectivity index (χ0n) is 16.4. The lowest BCUT2D eigenvalue weighted by molar-refractivity contribution is -0.00903. The number of amides is 1. The number of aromatic nitrogens is 2. The maximum Gasteiger partial charge on any atom is 0.272 e. The van der Waals surface area contributed by atoms with Crippen LogP contribution in [-0.4, -0.2) is 28.9 Å². The third-order valence-electron chi connectivity index (χ3n) is 5.51. The number of carbonyl (C=O) groups is 1. The van der Waals surface area contributed by atoms with Crippen LogP contribution in [-0.2, 0) is 24.8 Å². The first-order valence-corrected chi connectivity index (χ1v) is 9.64. The van der Waals surface area contributed by atoms with Crippen LogP contribution in [0.1, 0.15) is 71.6 Å². The van der Waals surface area contributed by atoms with Crippen molar-refractivity contribution in [2.75, 3.05) is 7.11 Å². The van der Waals surface area contributed by atoms with Crippen LogP contribution < -0.4 is 10.1 Å². The zero-order chi connectivity index (χ0) is 19.1. The van der Waals surface area contributed by atoms with E-state index in [1.54, 1.807) is 11.8 Å². The Morgan fingerprint density at radius 2 is 2.15 bits per heavy atom. The minimum Gasteiger partial charge on any atom is -0.496 e. The van der Waals surface area contributed by atoms with Gasteiger partial charge < -0.3 is 14.8 Å². The van der Waals surface area contributed by atoms with Gasteiger partial charge >= 0.3 is 0 Å². The van der Waals surface area contributed by atoms with Crippen molar-refractivity contribution < 1.29 is 14.3 Å². The molecule has 6 nitrogen and oxygen atoms in total. The maximum atomic E-state index is 12.9. The highest BCUT2D eigenvalue weighted by atomic mass is 16.5. The van der Waals surface area contributed by atoms with Crippen molar-refractivity contribution in [3.05, 3.63) is 46.3 Å². The number of nitrogens with one attached hydrogen (secondary N) is 1. The number of methoxy groups -OCH3 is 1. The average molecular weight is 369 g/mol. The van der Waals surface area contributed by atoms with Gasteiger partial charge in [0.15, 0.2) is 5.69 Å². The summed E-state index contributed by atoms with van der Waals surface area (Å²) in [6, 6.07) is 6.28. The van der Waals surface area contributed by atoms with Crippen LogP contribution in [0.5, 0.6) is 5.75 Å². The van der Waals surface area contributed by atoms with Gasteiger partial charge in [-0.25, -0.2) is 0 Å². The first-order chi connectivity index (χ1) is 13.0. The van der Waals surface area contributed by atoms with Crippen LogP contribution in [0, 0.1) is 0 Å². The van der Waals surface area contributed by atoms with E-state index in [4.69, 9.17) is 9.47 Å². The van der Waals surface area contributed by atoms with Crippen LogP contribution >= 0.6 is 0 Å². The van der Waals surface area contributed by atoms with Crippen LogP contribution in [0.4, 0.5) is 0 Å². The number of aryl methyl sites for hydroxylation is 1. The number of hydrogen-bond donors (Lipinski definition) is 1. The summed E-state index contributed by atoms with van der Waals surface area (Å²) in [6.07, 6.45) is 3.22. The molecule has 144 valence electrons. The number of fused-ring (bicyclic) bond motifs is 1. The molecule has 1 aliphatic carbocycles.